The van der Waals surface area contributed by atoms with Gasteiger partial charge < -0.3 is 14.2 Å². The largest absolute Gasteiger partial charge is 0.494 e. The van der Waals surface area contributed by atoms with E-state index in [2.05, 4.69) is 15.0 Å². The Labute approximate surface area is 97.9 Å². The van der Waals surface area contributed by atoms with Crippen LogP contribution in [-0.4, -0.2) is 27.4 Å². The molecule has 17 heavy (non-hydrogen) atoms. The summed E-state index contributed by atoms with van der Waals surface area (Å²) in [6.45, 7) is 0. The van der Waals surface area contributed by atoms with Crippen LogP contribution in [0, 0.1) is 5.39 Å². The molecule has 0 radical (unpaired) electrons. The first-order chi connectivity index (χ1) is 8.15. The van der Waals surface area contributed by atoms with Gasteiger partial charge in [-0.1, -0.05) is 0 Å². The van der Waals surface area contributed by atoms with Crippen LogP contribution in [-0.2, 0) is 4.74 Å². The molecule has 0 bridgehead atoms. The SMILES string of the molecule is COC(=O)Nc1cc(OC)c([N+]#N)cc1OC. The zero-order valence-electron chi connectivity index (χ0n) is 9.68. The lowest BCUT2D eigenvalue weighted by atomic mass is 10.2. The minimum absolute atomic E-state index is 0.194. The first-order valence-electron chi connectivity index (χ1n) is 4.62. The minimum atomic E-state index is -0.640. The molecular formula is C10H12N3O4+. The van der Waals surface area contributed by atoms with Crippen LogP contribution in [0.15, 0.2) is 12.1 Å². The van der Waals surface area contributed by atoms with Crippen LogP contribution in [0.3, 0.4) is 0 Å². The predicted molar refractivity (Wildman–Crippen MR) is 60.3 cm³/mol. The van der Waals surface area contributed by atoms with Gasteiger partial charge >= 0.3 is 11.8 Å². The van der Waals surface area contributed by atoms with Gasteiger partial charge in [-0.2, -0.15) is 0 Å². The molecular weight excluding hydrogens is 226 g/mol. The highest BCUT2D eigenvalue weighted by Crippen LogP contribution is 2.38. The molecule has 1 aromatic carbocycles. The third kappa shape index (κ3) is 2.75. The van der Waals surface area contributed by atoms with Gasteiger partial charge in [-0.3, -0.25) is 5.32 Å². The second kappa shape index (κ2) is 5.55. The minimum Gasteiger partial charge on any atom is -0.494 e. The van der Waals surface area contributed by atoms with Crippen LogP contribution >= 0.6 is 0 Å². The maximum Gasteiger partial charge on any atom is 0.430 e. The zero-order chi connectivity index (χ0) is 12.8. The van der Waals surface area contributed by atoms with Crippen molar-refractivity contribution in [3.63, 3.8) is 0 Å². The van der Waals surface area contributed by atoms with Gasteiger partial charge in [0, 0.05) is 6.07 Å². The lowest BCUT2D eigenvalue weighted by Crippen LogP contribution is -2.11. The molecule has 0 atom stereocenters. The Balaban J connectivity index is 3.20. The standard InChI is InChI=1S/C10H11N3O4/c1-15-8-5-7(13-11)9(16-2)4-6(8)12-10(14)17-3/h4-5H,1-3H3/p+1. The number of nitrogens with one attached hydrogen (secondary N) is 1. The molecule has 7 nitrogen and oxygen atoms in total. The van der Waals surface area contributed by atoms with Crippen LogP contribution in [0.1, 0.15) is 0 Å². The molecule has 1 N–H and O–H groups in total. The maximum absolute atomic E-state index is 11.1. The summed E-state index contributed by atoms with van der Waals surface area (Å²) in [5, 5.41) is 11.2. The van der Waals surface area contributed by atoms with E-state index in [4.69, 9.17) is 14.9 Å². The summed E-state index contributed by atoms with van der Waals surface area (Å²) in [6, 6.07) is 2.88. The molecule has 1 rings (SSSR count). The van der Waals surface area contributed by atoms with Crippen LogP contribution in [0.2, 0.25) is 0 Å². The van der Waals surface area contributed by atoms with Crippen molar-refractivity contribution >= 4 is 17.5 Å². The number of methoxy groups -OCH3 is 3. The number of carbonyl (C=O) groups excluding carboxylic acids is 1. The smallest absolute Gasteiger partial charge is 0.430 e. The highest BCUT2D eigenvalue weighted by atomic mass is 16.5. The van der Waals surface area contributed by atoms with E-state index in [-0.39, 0.29) is 5.69 Å². The summed E-state index contributed by atoms with van der Waals surface area (Å²) in [5.41, 5.74) is 0.545. The number of amides is 1. The molecule has 0 aliphatic rings. The first kappa shape index (κ1) is 12.6. The number of nitrogens with zero attached hydrogens (tertiary/aromatic N) is 2. The van der Waals surface area contributed by atoms with E-state index in [1.54, 1.807) is 0 Å². The lowest BCUT2D eigenvalue weighted by molar-refractivity contribution is 0.187. The maximum atomic E-state index is 11.1. The summed E-state index contributed by atoms with van der Waals surface area (Å²) in [7, 11) is 4.08. The van der Waals surface area contributed by atoms with Crippen molar-refractivity contribution in [2.24, 2.45) is 0 Å². The topological polar surface area (TPSA) is 84.9 Å². The number of hydrogen-bond donors (Lipinski definition) is 1. The molecule has 0 spiro atoms. The number of hydrogen-bond acceptors (Lipinski definition) is 5. The van der Waals surface area contributed by atoms with Gasteiger partial charge in [0.05, 0.1) is 33.1 Å². The Bertz CT molecular complexity index is 467. The molecule has 1 amide bonds. The van der Waals surface area contributed by atoms with Crippen LogP contribution < -0.4 is 14.8 Å². The molecule has 0 unspecified atom stereocenters. The van der Waals surface area contributed by atoms with Gasteiger partial charge in [-0.15, -0.1) is 0 Å². The number of diazo groups is 1. The highest BCUT2D eigenvalue weighted by Gasteiger charge is 2.20. The molecule has 90 valence electrons. The molecule has 0 heterocycles. The van der Waals surface area contributed by atoms with Gasteiger partial charge in [-0.25, -0.2) is 4.79 Å². The Morgan fingerprint density at radius 1 is 1.24 bits per heavy atom. The fourth-order valence-electron chi connectivity index (χ4n) is 1.22. The van der Waals surface area contributed by atoms with E-state index in [9.17, 15) is 4.79 Å². The lowest BCUT2D eigenvalue weighted by Gasteiger charge is -2.09. The van der Waals surface area contributed by atoms with E-state index in [0.717, 1.165) is 0 Å². The van der Waals surface area contributed by atoms with Gasteiger partial charge in [0.1, 0.15) is 0 Å². The molecule has 0 aliphatic carbocycles. The van der Waals surface area contributed by atoms with Crippen molar-refractivity contribution in [2.45, 2.75) is 0 Å². The summed E-state index contributed by atoms with van der Waals surface area (Å²) in [4.78, 5) is 14.1. The Hall–Kier alpha value is -2.49. The first-order valence-corrected chi connectivity index (χ1v) is 4.62. The quantitative estimate of drug-likeness (QED) is 0.817. The van der Waals surface area contributed by atoms with Crippen molar-refractivity contribution in [1.82, 2.24) is 0 Å². The van der Waals surface area contributed by atoms with Crippen molar-refractivity contribution in [3.05, 3.63) is 17.1 Å². The molecule has 0 aromatic heterocycles. The Morgan fingerprint density at radius 2 is 1.88 bits per heavy atom. The molecule has 0 fully saturated rings. The van der Waals surface area contributed by atoms with Crippen molar-refractivity contribution in [1.29, 1.82) is 5.39 Å². The van der Waals surface area contributed by atoms with Gasteiger partial charge in [-0.05, 0) is 0 Å². The van der Waals surface area contributed by atoms with E-state index >= 15 is 0 Å². The monoisotopic (exact) mass is 238 g/mol. The van der Waals surface area contributed by atoms with Crippen LogP contribution in [0.5, 0.6) is 11.5 Å². The van der Waals surface area contributed by atoms with Gasteiger partial charge in [0.2, 0.25) is 11.1 Å². The van der Waals surface area contributed by atoms with Crippen LogP contribution in [0.25, 0.3) is 4.98 Å². The molecule has 0 saturated carbocycles. The third-order valence-corrected chi connectivity index (χ3v) is 2.03. The zero-order valence-corrected chi connectivity index (χ0v) is 9.68. The van der Waals surface area contributed by atoms with Gasteiger partial charge in [0.25, 0.3) is 0 Å². The number of rotatable bonds is 3. The molecule has 0 aliphatic heterocycles. The van der Waals surface area contributed by atoms with E-state index in [0.29, 0.717) is 17.2 Å². The summed E-state index contributed by atoms with van der Waals surface area (Å²) >= 11 is 0. The van der Waals surface area contributed by atoms with Crippen molar-refractivity contribution in [3.8, 4) is 11.5 Å². The summed E-state index contributed by atoms with van der Waals surface area (Å²) in [5.74, 6) is 0.615. The third-order valence-electron chi connectivity index (χ3n) is 2.03. The van der Waals surface area contributed by atoms with E-state index in [1.807, 2.05) is 0 Å². The Kier molecular flexibility index (Phi) is 4.11. The van der Waals surface area contributed by atoms with E-state index < -0.39 is 6.09 Å². The molecule has 7 heteroatoms. The second-order valence-corrected chi connectivity index (χ2v) is 2.94. The molecule has 1 aromatic rings. The second-order valence-electron chi connectivity index (χ2n) is 2.94. The Morgan fingerprint density at radius 3 is 2.35 bits per heavy atom. The fourth-order valence-corrected chi connectivity index (χ4v) is 1.22. The summed E-state index contributed by atoms with van der Waals surface area (Å²) < 4.78 is 14.5. The van der Waals surface area contributed by atoms with E-state index in [1.165, 1.54) is 33.5 Å². The summed E-state index contributed by atoms with van der Waals surface area (Å²) in [6.07, 6.45) is -0.640. The number of anilines is 1. The average Bonchev–Trinajstić information content (AvgIpc) is 2.37. The number of carbonyl (C=O) groups is 1. The highest BCUT2D eigenvalue weighted by molar-refractivity contribution is 5.88. The van der Waals surface area contributed by atoms with Gasteiger partial charge in [0.15, 0.2) is 10.7 Å². The van der Waals surface area contributed by atoms with Crippen LogP contribution in [0.4, 0.5) is 16.2 Å². The fraction of sp³-hybridized carbons (Fsp3) is 0.300. The number of benzene rings is 1. The molecule has 0 saturated heterocycles. The van der Waals surface area contributed by atoms with Crippen molar-refractivity contribution in [2.75, 3.05) is 26.6 Å². The average molecular weight is 238 g/mol. The predicted octanol–water partition coefficient (Wildman–Crippen LogP) is 2.37. The van der Waals surface area contributed by atoms with Crippen molar-refractivity contribution < 1.29 is 19.0 Å². The number of ether oxygens (including phenoxy) is 3. The normalized spacial score (nSPS) is 9.06.